The zero-order chi connectivity index (χ0) is 24.4. The van der Waals surface area contributed by atoms with Crippen molar-refractivity contribution >= 4 is 18.0 Å². The normalized spacial score (nSPS) is 24.7. The maximum absolute atomic E-state index is 12.4. The van der Waals surface area contributed by atoms with Gasteiger partial charge in [0, 0.05) is 24.4 Å². The molecule has 0 aromatic heterocycles. The van der Waals surface area contributed by atoms with E-state index in [0.717, 1.165) is 32.1 Å². The van der Waals surface area contributed by atoms with E-state index in [2.05, 4.69) is 34.9 Å². The lowest BCUT2D eigenvalue weighted by atomic mass is 9.78. The molecule has 2 atom stereocenters. The number of benzene rings is 2. The van der Waals surface area contributed by atoms with Crippen LogP contribution in [0.2, 0.25) is 0 Å². The van der Waals surface area contributed by atoms with Gasteiger partial charge in [0.05, 0.1) is 6.42 Å². The van der Waals surface area contributed by atoms with Crippen LogP contribution in [0.15, 0.2) is 48.5 Å². The zero-order valence-corrected chi connectivity index (χ0v) is 19.7. The fourth-order valence-electron chi connectivity index (χ4n) is 6.05. The van der Waals surface area contributed by atoms with E-state index in [1.54, 1.807) is 0 Å². The quantitative estimate of drug-likeness (QED) is 0.522. The molecule has 2 unspecified atom stereocenters. The van der Waals surface area contributed by atoms with Gasteiger partial charge >= 0.3 is 12.1 Å². The fraction of sp³-hybridized carbons (Fsp3) is 0.464. The molecule has 0 saturated heterocycles. The first-order valence-corrected chi connectivity index (χ1v) is 12.6. The van der Waals surface area contributed by atoms with E-state index in [-0.39, 0.29) is 48.8 Å². The highest BCUT2D eigenvalue weighted by atomic mass is 16.5. The molecule has 3 aliphatic rings. The van der Waals surface area contributed by atoms with Gasteiger partial charge in [-0.15, -0.1) is 0 Å². The molecule has 2 aromatic rings. The van der Waals surface area contributed by atoms with Gasteiger partial charge in [0.25, 0.3) is 0 Å². The first-order valence-electron chi connectivity index (χ1n) is 12.6. The number of carbonyl (C=O) groups is 3. The van der Waals surface area contributed by atoms with Crippen molar-refractivity contribution in [2.24, 2.45) is 11.8 Å². The molecular formula is C28H32N2O5. The van der Waals surface area contributed by atoms with Gasteiger partial charge in [0.15, 0.2) is 0 Å². The second-order valence-electron chi connectivity index (χ2n) is 10.2. The smallest absolute Gasteiger partial charge is 0.407 e. The number of rotatable bonds is 8. The number of ether oxygens (including phenoxy) is 1. The van der Waals surface area contributed by atoms with Crippen molar-refractivity contribution in [3.63, 3.8) is 0 Å². The summed E-state index contributed by atoms with van der Waals surface area (Å²) in [4.78, 5) is 35.9. The molecule has 0 aliphatic heterocycles. The third-order valence-corrected chi connectivity index (χ3v) is 7.82. The molecule has 0 spiro atoms. The standard InChI is InChI=1S/C28H32N2O5/c31-26(30-25-11-5-6-18(25)15-27(32)33)14-17-12-19(13-17)29-28(34)35-16-24-22-9-3-1-7-20(22)21-8-2-4-10-23(21)24/h1-4,7-10,17-19,24-25H,5-6,11-16H2,(H,29,34)(H,30,31)(H,32,33). The van der Waals surface area contributed by atoms with E-state index in [1.165, 1.54) is 22.3 Å². The van der Waals surface area contributed by atoms with Gasteiger partial charge in [-0.3, -0.25) is 9.59 Å². The molecule has 3 aliphatic carbocycles. The Morgan fingerprint density at radius 3 is 2.20 bits per heavy atom. The predicted molar refractivity (Wildman–Crippen MR) is 131 cm³/mol. The zero-order valence-electron chi connectivity index (χ0n) is 19.7. The number of amides is 2. The monoisotopic (exact) mass is 476 g/mol. The van der Waals surface area contributed by atoms with Crippen molar-refractivity contribution in [1.82, 2.24) is 10.6 Å². The van der Waals surface area contributed by atoms with Crippen LogP contribution >= 0.6 is 0 Å². The third kappa shape index (κ3) is 5.19. The highest BCUT2D eigenvalue weighted by Gasteiger charge is 2.35. The van der Waals surface area contributed by atoms with E-state index in [1.807, 2.05) is 24.3 Å². The molecule has 35 heavy (non-hydrogen) atoms. The number of aliphatic carboxylic acids is 1. The SMILES string of the molecule is O=C(O)CC1CCCC1NC(=O)CC1CC(NC(=O)OCC2c3ccccc3-c3ccccc32)C1. The average molecular weight is 477 g/mol. The van der Waals surface area contributed by atoms with Gasteiger partial charge < -0.3 is 20.5 Å². The summed E-state index contributed by atoms with van der Waals surface area (Å²) in [5.41, 5.74) is 4.77. The Hall–Kier alpha value is -3.35. The van der Waals surface area contributed by atoms with E-state index in [4.69, 9.17) is 9.84 Å². The molecule has 7 nitrogen and oxygen atoms in total. The Bertz CT molecular complexity index is 1060. The minimum absolute atomic E-state index is 0.0168. The minimum Gasteiger partial charge on any atom is -0.481 e. The van der Waals surface area contributed by atoms with Crippen LogP contribution in [0.4, 0.5) is 4.79 Å². The number of fused-ring (bicyclic) bond motifs is 3. The van der Waals surface area contributed by atoms with E-state index < -0.39 is 12.1 Å². The van der Waals surface area contributed by atoms with E-state index >= 15 is 0 Å². The summed E-state index contributed by atoms with van der Waals surface area (Å²) in [5.74, 6) is -0.533. The molecule has 2 aromatic carbocycles. The summed E-state index contributed by atoms with van der Waals surface area (Å²) in [6, 6.07) is 16.5. The Balaban J connectivity index is 1.05. The van der Waals surface area contributed by atoms with Gasteiger partial charge in [-0.1, -0.05) is 55.0 Å². The van der Waals surface area contributed by atoms with Crippen molar-refractivity contribution in [2.45, 2.75) is 62.9 Å². The lowest BCUT2D eigenvalue weighted by molar-refractivity contribution is -0.138. The molecule has 2 saturated carbocycles. The van der Waals surface area contributed by atoms with Crippen molar-refractivity contribution in [2.75, 3.05) is 6.61 Å². The second-order valence-corrected chi connectivity index (χ2v) is 10.2. The maximum atomic E-state index is 12.4. The number of carboxylic acids is 1. The van der Waals surface area contributed by atoms with Gasteiger partial charge in [-0.05, 0) is 59.8 Å². The molecule has 2 fully saturated rings. The van der Waals surface area contributed by atoms with Crippen LogP contribution in [0.1, 0.15) is 62.0 Å². The molecule has 7 heteroatoms. The van der Waals surface area contributed by atoms with Crippen LogP contribution in [0, 0.1) is 11.8 Å². The molecule has 2 amide bonds. The molecule has 184 valence electrons. The van der Waals surface area contributed by atoms with E-state index in [0.29, 0.717) is 6.42 Å². The molecule has 0 heterocycles. The summed E-state index contributed by atoms with van der Waals surface area (Å²) >= 11 is 0. The molecule has 0 bridgehead atoms. The maximum Gasteiger partial charge on any atom is 0.407 e. The first-order chi connectivity index (χ1) is 17.0. The van der Waals surface area contributed by atoms with Crippen molar-refractivity contribution in [1.29, 1.82) is 0 Å². The molecule has 3 N–H and O–H groups in total. The second kappa shape index (κ2) is 10.1. The summed E-state index contributed by atoms with van der Waals surface area (Å²) in [5, 5.41) is 15.0. The summed E-state index contributed by atoms with van der Waals surface area (Å²) in [6.07, 6.45) is 4.27. The topological polar surface area (TPSA) is 105 Å². The van der Waals surface area contributed by atoms with Gasteiger partial charge in [-0.2, -0.15) is 0 Å². The van der Waals surface area contributed by atoms with Crippen LogP contribution in [-0.4, -0.2) is 41.8 Å². The van der Waals surface area contributed by atoms with Gasteiger partial charge in [-0.25, -0.2) is 4.79 Å². The van der Waals surface area contributed by atoms with Crippen molar-refractivity contribution in [3.8, 4) is 11.1 Å². The van der Waals surface area contributed by atoms with Crippen LogP contribution in [0.3, 0.4) is 0 Å². The minimum atomic E-state index is -0.808. The van der Waals surface area contributed by atoms with Crippen molar-refractivity contribution < 1.29 is 24.2 Å². The number of carboxylic acid groups (broad SMARTS) is 1. The van der Waals surface area contributed by atoms with Crippen LogP contribution in [0.25, 0.3) is 11.1 Å². The molecule has 0 radical (unpaired) electrons. The van der Waals surface area contributed by atoms with Crippen LogP contribution in [-0.2, 0) is 14.3 Å². The lowest BCUT2D eigenvalue weighted by Crippen LogP contribution is -2.47. The Morgan fingerprint density at radius 1 is 0.886 bits per heavy atom. The molecular weight excluding hydrogens is 444 g/mol. The summed E-state index contributed by atoms with van der Waals surface area (Å²) in [7, 11) is 0. The van der Waals surface area contributed by atoms with Crippen LogP contribution < -0.4 is 10.6 Å². The number of hydrogen-bond acceptors (Lipinski definition) is 4. The number of hydrogen-bond donors (Lipinski definition) is 3. The summed E-state index contributed by atoms with van der Waals surface area (Å²) < 4.78 is 5.62. The Morgan fingerprint density at radius 2 is 1.54 bits per heavy atom. The lowest BCUT2D eigenvalue weighted by Gasteiger charge is -2.35. The highest BCUT2D eigenvalue weighted by molar-refractivity contribution is 5.79. The largest absolute Gasteiger partial charge is 0.481 e. The highest BCUT2D eigenvalue weighted by Crippen LogP contribution is 2.44. The van der Waals surface area contributed by atoms with Crippen molar-refractivity contribution in [3.05, 3.63) is 59.7 Å². The van der Waals surface area contributed by atoms with Gasteiger partial charge in [0.2, 0.25) is 5.91 Å². The van der Waals surface area contributed by atoms with E-state index in [9.17, 15) is 14.4 Å². The number of nitrogens with one attached hydrogen (secondary N) is 2. The van der Waals surface area contributed by atoms with Crippen LogP contribution in [0.5, 0.6) is 0 Å². The third-order valence-electron chi connectivity index (χ3n) is 7.82. The number of alkyl carbamates (subject to hydrolysis) is 1. The molecule has 5 rings (SSSR count). The van der Waals surface area contributed by atoms with Gasteiger partial charge in [0.1, 0.15) is 6.61 Å². The predicted octanol–water partition coefficient (Wildman–Crippen LogP) is 4.45. The number of carbonyl (C=O) groups excluding carboxylic acids is 2. The Labute approximate surface area is 205 Å². The fourth-order valence-corrected chi connectivity index (χ4v) is 6.05. The first kappa shape index (κ1) is 23.4. The Kier molecular flexibility index (Phi) is 6.75. The average Bonchev–Trinajstić information content (AvgIpc) is 3.37. The summed E-state index contributed by atoms with van der Waals surface area (Å²) in [6.45, 7) is 0.289.